The van der Waals surface area contributed by atoms with Crippen LogP contribution in [-0.2, 0) is 18.9 Å². The summed E-state index contributed by atoms with van der Waals surface area (Å²) < 4.78 is 26.6. The number of anilines is 1. The number of fused-ring (bicyclic) bond motifs is 1. The van der Waals surface area contributed by atoms with Gasteiger partial charge in [0.1, 0.15) is 6.61 Å². The number of phenolic OH excluding ortho intramolecular Hbond substituents is 1. The van der Waals surface area contributed by atoms with E-state index in [0.29, 0.717) is 56.2 Å². The number of carbonyl (C=O) groups excluding carboxylic acids is 2. The van der Waals surface area contributed by atoms with Crippen LogP contribution in [0, 0.1) is 0 Å². The van der Waals surface area contributed by atoms with Crippen LogP contribution < -0.4 is 10.1 Å². The summed E-state index contributed by atoms with van der Waals surface area (Å²) in [7, 11) is 1.62. The van der Waals surface area contributed by atoms with E-state index in [2.05, 4.69) is 15.3 Å². The molecule has 11 nitrogen and oxygen atoms in total. The molecule has 0 atom stereocenters. The number of phenols is 1. The molecule has 2 aromatic carbocycles. The van der Waals surface area contributed by atoms with Crippen LogP contribution in [0.25, 0.3) is 11.0 Å². The van der Waals surface area contributed by atoms with E-state index in [9.17, 15) is 14.7 Å². The summed E-state index contributed by atoms with van der Waals surface area (Å²) in [6, 6.07) is 9.36. The van der Waals surface area contributed by atoms with Crippen molar-refractivity contribution in [1.29, 1.82) is 0 Å². The maximum Gasteiger partial charge on any atom is 0.258 e. The highest BCUT2D eigenvalue weighted by atomic mass is 16.6. The molecule has 0 radical (unpaired) electrons. The van der Waals surface area contributed by atoms with Gasteiger partial charge in [-0.1, -0.05) is 0 Å². The van der Waals surface area contributed by atoms with E-state index < -0.39 is 5.91 Å². The highest BCUT2D eigenvalue weighted by Crippen LogP contribution is 2.27. The van der Waals surface area contributed by atoms with Crippen molar-refractivity contribution in [2.24, 2.45) is 0 Å². The zero-order valence-electron chi connectivity index (χ0n) is 20.4. The van der Waals surface area contributed by atoms with Gasteiger partial charge in [-0.15, -0.1) is 0 Å². The number of nitrogens with zero attached hydrogens (tertiary/aromatic N) is 1. The largest absolute Gasteiger partial charge is 0.504 e. The molecule has 194 valence electrons. The summed E-state index contributed by atoms with van der Waals surface area (Å²) in [6.07, 6.45) is 0. The number of aromatic amines is 1. The predicted octanol–water partition coefficient (Wildman–Crippen LogP) is 2.80. The van der Waals surface area contributed by atoms with Crippen LogP contribution in [0.5, 0.6) is 11.5 Å². The van der Waals surface area contributed by atoms with E-state index in [1.54, 1.807) is 25.3 Å². The molecule has 3 rings (SSSR count). The van der Waals surface area contributed by atoms with Crippen molar-refractivity contribution in [2.75, 3.05) is 65.3 Å². The summed E-state index contributed by atoms with van der Waals surface area (Å²) in [5, 5.41) is 12.7. The van der Waals surface area contributed by atoms with E-state index in [4.69, 9.17) is 23.7 Å². The van der Waals surface area contributed by atoms with Gasteiger partial charge in [-0.3, -0.25) is 14.9 Å². The molecule has 11 heteroatoms. The van der Waals surface area contributed by atoms with Gasteiger partial charge < -0.3 is 33.8 Å². The molecule has 0 saturated heterocycles. The number of ketones is 1. The Balaban J connectivity index is 1.41. The van der Waals surface area contributed by atoms with Crippen molar-refractivity contribution in [2.45, 2.75) is 6.92 Å². The number of aromatic hydroxyl groups is 1. The number of amides is 1. The second kappa shape index (κ2) is 14.1. The second-order valence-electron chi connectivity index (χ2n) is 7.69. The molecular weight excluding hydrogens is 470 g/mol. The third kappa shape index (κ3) is 8.31. The Morgan fingerprint density at radius 3 is 2.19 bits per heavy atom. The molecule has 3 N–H and O–H groups in total. The number of benzene rings is 2. The number of hydrogen-bond donors (Lipinski definition) is 3. The van der Waals surface area contributed by atoms with Crippen molar-refractivity contribution in [3.05, 3.63) is 47.5 Å². The van der Waals surface area contributed by atoms with Crippen LogP contribution in [-0.4, -0.2) is 86.7 Å². The summed E-state index contributed by atoms with van der Waals surface area (Å²) in [4.78, 5) is 31.5. The lowest BCUT2D eigenvalue weighted by Gasteiger charge is -2.10. The lowest BCUT2D eigenvalue weighted by molar-refractivity contribution is 0.0000838. The number of aromatic nitrogens is 2. The Kier molecular flexibility index (Phi) is 10.6. The standard InChI is InChI=1S/C25H31N3O8/c1-17(29)18-3-5-20-21(15-18)27-25(26-20)28-24(31)19-4-6-22(30)23(16-19)36-14-13-35-12-11-34-10-9-33-8-7-32-2/h3-6,15-16,30H,7-14H2,1-2H3,(H2,26,27,28,31). The normalized spacial score (nSPS) is 11.1. The maximum atomic E-state index is 12.7. The Morgan fingerprint density at radius 2 is 1.53 bits per heavy atom. The van der Waals surface area contributed by atoms with Gasteiger partial charge in [0.05, 0.1) is 57.3 Å². The third-order valence-corrected chi connectivity index (χ3v) is 5.00. The lowest BCUT2D eigenvalue weighted by atomic mass is 10.1. The van der Waals surface area contributed by atoms with Crippen LogP contribution in [0.15, 0.2) is 36.4 Å². The fourth-order valence-electron chi connectivity index (χ4n) is 3.13. The number of imidazole rings is 1. The summed E-state index contributed by atoms with van der Waals surface area (Å²) >= 11 is 0. The van der Waals surface area contributed by atoms with Gasteiger partial charge in [0.15, 0.2) is 17.3 Å². The molecule has 0 aliphatic heterocycles. The summed E-state index contributed by atoms with van der Waals surface area (Å²) in [6.45, 7) is 4.81. The van der Waals surface area contributed by atoms with Crippen molar-refractivity contribution >= 4 is 28.7 Å². The van der Waals surface area contributed by atoms with Crippen molar-refractivity contribution < 1.29 is 38.4 Å². The number of ether oxygens (including phenoxy) is 5. The number of H-pyrrole nitrogens is 1. The zero-order valence-corrected chi connectivity index (χ0v) is 20.4. The first-order valence-corrected chi connectivity index (χ1v) is 11.5. The molecular formula is C25H31N3O8. The molecule has 1 amide bonds. The van der Waals surface area contributed by atoms with Gasteiger partial charge in [-0.05, 0) is 43.3 Å². The molecule has 0 unspecified atom stereocenters. The number of Topliss-reactive ketones (excluding diaryl/α,β-unsaturated/α-hetero) is 1. The number of hydrogen-bond acceptors (Lipinski definition) is 9. The SMILES string of the molecule is COCCOCCOCCOCCOc1cc(C(=O)Nc2nc3ccc(C(C)=O)cc3[nH]2)ccc1O. The zero-order chi connectivity index (χ0) is 25.8. The molecule has 0 aliphatic carbocycles. The van der Waals surface area contributed by atoms with Gasteiger partial charge in [-0.25, -0.2) is 4.98 Å². The molecule has 36 heavy (non-hydrogen) atoms. The first-order chi connectivity index (χ1) is 17.5. The first kappa shape index (κ1) is 27.1. The minimum absolute atomic E-state index is 0.0630. The smallest absolute Gasteiger partial charge is 0.258 e. The number of nitrogens with one attached hydrogen (secondary N) is 2. The summed E-state index contributed by atoms with van der Waals surface area (Å²) in [5.41, 5.74) is 2.07. The van der Waals surface area contributed by atoms with E-state index in [1.165, 1.54) is 25.1 Å². The fraction of sp³-hybridized carbons (Fsp3) is 0.400. The van der Waals surface area contributed by atoms with Gasteiger partial charge in [0.25, 0.3) is 5.91 Å². The minimum Gasteiger partial charge on any atom is -0.504 e. The molecule has 0 fully saturated rings. The molecule has 1 aromatic heterocycles. The van der Waals surface area contributed by atoms with Gasteiger partial charge in [-0.2, -0.15) is 0 Å². The van der Waals surface area contributed by atoms with Crippen LogP contribution in [0.1, 0.15) is 27.6 Å². The molecule has 0 spiro atoms. The topological polar surface area (TPSA) is 141 Å². The maximum absolute atomic E-state index is 12.7. The number of rotatable bonds is 16. The first-order valence-electron chi connectivity index (χ1n) is 11.5. The van der Waals surface area contributed by atoms with Crippen molar-refractivity contribution in [3.8, 4) is 11.5 Å². The Morgan fingerprint density at radius 1 is 0.889 bits per heavy atom. The van der Waals surface area contributed by atoms with Crippen LogP contribution >= 0.6 is 0 Å². The fourth-order valence-corrected chi connectivity index (χ4v) is 3.13. The van der Waals surface area contributed by atoms with E-state index in [-0.39, 0.29) is 42.0 Å². The van der Waals surface area contributed by atoms with Crippen LogP contribution in [0.2, 0.25) is 0 Å². The predicted molar refractivity (Wildman–Crippen MR) is 132 cm³/mol. The van der Waals surface area contributed by atoms with Crippen LogP contribution in [0.4, 0.5) is 5.95 Å². The second-order valence-corrected chi connectivity index (χ2v) is 7.69. The number of carbonyl (C=O) groups is 2. The van der Waals surface area contributed by atoms with E-state index >= 15 is 0 Å². The summed E-state index contributed by atoms with van der Waals surface area (Å²) in [5.74, 6) is -0.198. The van der Waals surface area contributed by atoms with Gasteiger partial charge in [0, 0.05) is 18.2 Å². The van der Waals surface area contributed by atoms with Crippen molar-refractivity contribution in [1.82, 2.24) is 9.97 Å². The monoisotopic (exact) mass is 501 g/mol. The number of methoxy groups -OCH3 is 1. The highest BCUT2D eigenvalue weighted by Gasteiger charge is 2.13. The quantitative estimate of drug-likeness (QED) is 0.200. The molecule has 0 saturated carbocycles. The Labute approximate surface area is 208 Å². The van der Waals surface area contributed by atoms with E-state index in [1.807, 2.05) is 0 Å². The Hall–Kier alpha value is -3.51. The molecule has 3 aromatic rings. The molecule has 0 bridgehead atoms. The minimum atomic E-state index is -0.440. The highest BCUT2D eigenvalue weighted by molar-refractivity contribution is 6.04. The molecule has 1 heterocycles. The average Bonchev–Trinajstić information content (AvgIpc) is 3.27. The average molecular weight is 502 g/mol. The van der Waals surface area contributed by atoms with Gasteiger partial charge >= 0.3 is 0 Å². The van der Waals surface area contributed by atoms with Crippen molar-refractivity contribution in [3.63, 3.8) is 0 Å². The Bertz CT molecular complexity index is 1150. The van der Waals surface area contributed by atoms with Crippen LogP contribution in [0.3, 0.4) is 0 Å². The lowest BCUT2D eigenvalue weighted by Crippen LogP contribution is -2.14. The molecule has 0 aliphatic rings. The van der Waals surface area contributed by atoms with E-state index in [0.717, 1.165) is 0 Å². The third-order valence-electron chi connectivity index (χ3n) is 5.00. The van der Waals surface area contributed by atoms with Gasteiger partial charge in [0.2, 0.25) is 5.95 Å².